The SMILES string of the molecule is Cc1cc(/C=N\NC(=O)COc2ccc(C3SCCS3)cc2)c(C)n1-c1ccc(C#N)cc1. The highest BCUT2D eigenvalue weighted by atomic mass is 32.2. The fraction of sp³-hybridized carbons (Fsp3) is 0.240. The van der Waals surface area contributed by atoms with E-state index in [1.165, 1.54) is 17.1 Å². The first-order valence-electron chi connectivity index (χ1n) is 10.5. The van der Waals surface area contributed by atoms with Gasteiger partial charge in [-0.15, -0.1) is 23.5 Å². The second-order valence-corrected chi connectivity index (χ2v) is 10.3. The number of hydrogen-bond donors (Lipinski definition) is 1. The number of nitrogens with one attached hydrogen (secondary N) is 1. The van der Waals surface area contributed by atoms with Gasteiger partial charge in [-0.05, 0) is 61.9 Å². The number of carbonyl (C=O) groups is 1. The maximum absolute atomic E-state index is 12.1. The van der Waals surface area contributed by atoms with Gasteiger partial charge in [-0.2, -0.15) is 10.4 Å². The molecule has 1 amide bonds. The van der Waals surface area contributed by atoms with E-state index in [-0.39, 0.29) is 12.5 Å². The molecule has 0 saturated carbocycles. The third-order valence-corrected chi connectivity index (χ3v) is 8.37. The van der Waals surface area contributed by atoms with Crippen LogP contribution in [0.3, 0.4) is 0 Å². The van der Waals surface area contributed by atoms with Crippen molar-refractivity contribution in [1.29, 1.82) is 5.26 Å². The van der Waals surface area contributed by atoms with E-state index in [0.29, 0.717) is 15.9 Å². The van der Waals surface area contributed by atoms with E-state index >= 15 is 0 Å². The van der Waals surface area contributed by atoms with Crippen LogP contribution in [0, 0.1) is 25.2 Å². The molecular weight excluding hydrogens is 452 g/mol. The monoisotopic (exact) mass is 476 g/mol. The number of carbonyl (C=O) groups excluding carboxylic acids is 1. The summed E-state index contributed by atoms with van der Waals surface area (Å²) in [4.78, 5) is 12.1. The second-order valence-electron chi connectivity index (χ2n) is 7.54. The third kappa shape index (κ3) is 5.62. The minimum absolute atomic E-state index is 0.103. The molecule has 3 aromatic rings. The Hall–Kier alpha value is -3.15. The van der Waals surface area contributed by atoms with Crippen molar-refractivity contribution in [2.45, 2.75) is 18.4 Å². The molecule has 0 atom stereocenters. The minimum Gasteiger partial charge on any atom is -0.484 e. The van der Waals surface area contributed by atoms with E-state index < -0.39 is 0 Å². The maximum Gasteiger partial charge on any atom is 0.277 e. The van der Waals surface area contributed by atoms with Gasteiger partial charge in [-0.25, -0.2) is 5.43 Å². The van der Waals surface area contributed by atoms with Gasteiger partial charge in [0.05, 0.1) is 22.4 Å². The van der Waals surface area contributed by atoms with Gasteiger partial charge in [-0.1, -0.05) is 12.1 Å². The normalized spacial score (nSPS) is 13.8. The highest BCUT2D eigenvalue weighted by Gasteiger charge is 2.18. The molecule has 0 bridgehead atoms. The number of hydrogen-bond acceptors (Lipinski definition) is 6. The Morgan fingerprint density at radius 2 is 1.88 bits per heavy atom. The molecule has 0 aliphatic carbocycles. The molecule has 1 saturated heterocycles. The fourth-order valence-corrected chi connectivity index (χ4v) is 6.49. The average Bonchev–Trinajstić information content (AvgIpc) is 3.47. The van der Waals surface area contributed by atoms with Crippen molar-refractivity contribution in [3.8, 4) is 17.5 Å². The van der Waals surface area contributed by atoms with Crippen molar-refractivity contribution in [1.82, 2.24) is 9.99 Å². The lowest BCUT2D eigenvalue weighted by Crippen LogP contribution is -2.24. The predicted molar refractivity (Wildman–Crippen MR) is 135 cm³/mol. The summed E-state index contributed by atoms with van der Waals surface area (Å²) >= 11 is 3.92. The zero-order chi connectivity index (χ0) is 23.2. The average molecular weight is 477 g/mol. The van der Waals surface area contributed by atoms with Gasteiger partial charge in [0.25, 0.3) is 5.91 Å². The number of aryl methyl sites for hydroxylation is 1. The lowest BCUT2D eigenvalue weighted by molar-refractivity contribution is -0.123. The molecule has 168 valence electrons. The van der Waals surface area contributed by atoms with E-state index in [1.807, 2.05) is 67.7 Å². The van der Waals surface area contributed by atoms with Gasteiger partial charge in [-0.3, -0.25) is 4.79 Å². The number of amides is 1. The van der Waals surface area contributed by atoms with Crippen molar-refractivity contribution in [3.05, 3.63) is 82.7 Å². The first-order chi connectivity index (χ1) is 16.0. The van der Waals surface area contributed by atoms with Gasteiger partial charge in [0.15, 0.2) is 6.61 Å². The highest BCUT2D eigenvalue weighted by molar-refractivity contribution is 8.19. The van der Waals surface area contributed by atoms with Crippen molar-refractivity contribution in [3.63, 3.8) is 0 Å². The molecule has 8 heteroatoms. The standard InChI is InChI=1S/C25H24N4O2S2/c1-17-13-21(18(2)29(17)22-7-3-19(14-26)4-8-22)15-27-28-24(30)16-31-23-9-5-20(6-10-23)25-32-11-12-33-25/h3-10,13,15,25H,11-12,16H2,1-2H3,(H,28,30)/b27-15-. The summed E-state index contributed by atoms with van der Waals surface area (Å²) in [6.45, 7) is 3.89. The number of ether oxygens (including phenoxy) is 1. The van der Waals surface area contributed by atoms with Crippen molar-refractivity contribution in [2.24, 2.45) is 5.10 Å². The molecule has 1 N–H and O–H groups in total. The van der Waals surface area contributed by atoms with E-state index in [9.17, 15) is 4.79 Å². The molecule has 6 nitrogen and oxygen atoms in total. The molecule has 1 aliphatic heterocycles. The van der Waals surface area contributed by atoms with Gasteiger partial charge in [0, 0.05) is 34.1 Å². The third-order valence-electron chi connectivity index (χ3n) is 5.26. The van der Waals surface area contributed by atoms with Crippen LogP contribution in [-0.2, 0) is 4.79 Å². The summed E-state index contributed by atoms with van der Waals surface area (Å²) in [5, 5.41) is 13.1. The number of nitriles is 1. The highest BCUT2D eigenvalue weighted by Crippen LogP contribution is 2.45. The smallest absolute Gasteiger partial charge is 0.277 e. The number of thioether (sulfide) groups is 2. The van der Waals surface area contributed by atoms with Gasteiger partial charge < -0.3 is 9.30 Å². The van der Waals surface area contributed by atoms with Crippen LogP contribution >= 0.6 is 23.5 Å². The molecule has 0 unspecified atom stereocenters. The Balaban J connectivity index is 1.31. The van der Waals surface area contributed by atoms with Crippen molar-refractivity contribution in [2.75, 3.05) is 18.1 Å². The summed E-state index contributed by atoms with van der Waals surface area (Å²) < 4.78 is 8.16. The molecule has 2 heterocycles. The van der Waals surface area contributed by atoms with Crippen molar-refractivity contribution >= 4 is 35.6 Å². The molecule has 1 aromatic heterocycles. The quantitative estimate of drug-likeness (QED) is 0.385. The summed E-state index contributed by atoms with van der Waals surface area (Å²) in [6, 6.07) is 19.5. The minimum atomic E-state index is -0.321. The second kappa shape index (κ2) is 10.6. The summed E-state index contributed by atoms with van der Waals surface area (Å²) in [7, 11) is 0. The van der Waals surface area contributed by atoms with Crippen LogP contribution in [0.2, 0.25) is 0 Å². The molecular formula is C25H24N4O2S2. The van der Waals surface area contributed by atoms with E-state index in [1.54, 1.807) is 18.3 Å². The van der Waals surface area contributed by atoms with Crippen LogP contribution < -0.4 is 10.2 Å². The molecule has 33 heavy (non-hydrogen) atoms. The van der Waals surface area contributed by atoms with Crippen LogP contribution in [0.5, 0.6) is 5.75 Å². The van der Waals surface area contributed by atoms with Gasteiger partial charge in [0.2, 0.25) is 0 Å². The van der Waals surface area contributed by atoms with Crippen LogP contribution in [0.4, 0.5) is 0 Å². The molecule has 4 rings (SSSR count). The van der Waals surface area contributed by atoms with Crippen LogP contribution in [0.15, 0.2) is 59.7 Å². The predicted octanol–water partition coefficient (Wildman–Crippen LogP) is 4.97. The number of benzene rings is 2. The molecule has 0 radical (unpaired) electrons. The first-order valence-corrected chi connectivity index (χ1v) is 12.6. The zero-order valence-electron chi connectivity index (χ0n) is 18.4. The number of hydrazone groups is 1. The molecule has 1 aliphatic rings. The van der Waals surface area contributed by atoms with E-state index in [2.05, 4.69) is 33.3 Å². The largest absolute Gasteiger partial charge is 0.484 e. The van der Waals surface area contributed by atoms with Crippen molar-refractivity contribution < 1.29 is 9.53 Å². The Morgan fingerprint density at radius 1 is 1.18 bits per heavy atom. The number of rotatable bonds is 7. The topological polar surface area (TPSA) is 79.4 Å². The maximum atomic E-state index is 12.1. The number of nitrogens with zero attached hydrogens (tertiary/aromatic N) is 3. The number of aromatic nitrogens is 1. The molecule has 0 spiro atoms. The summed E-state index contributed by atoms with van der Waals surface area (Å²) in [5.41, 5.74) is 8.32. The Labute approximate surface area is 202 Å². The molecule has 2 aromatic carbocycles. The Kier molecular flexibility index (Phi) is 7.43. The summed E-state index contributed by atoms with van der Waals surface area (Å²) in [6.07, 6.45) is 1.63. The van der Waals surface area contributed by atoms with Crippen LogP contribution in [0.25, 0.3) is 5.69 Å². The lowest BCUT2D eigenvalue weighted by Gasteiger charge is -2.10. The molecule has 1 fully saturated rings. The van der Waals surface area contributed by atoms with Crippen LogP contribution in [0.1, 0.15) is 32.7 Å². The Bertz CT molecular complexity index is 1190. The van der Waals surface area contributed by atoms with Crippen LogP contribution in [-0.4, -0.2) is 34.8 Å². The van der Waals surface area contributed by atoms with E-state index in [0.717, 1.165) is 22.6 Å². The van der Waals surface area contributed by atoms with Gasteiger partial charge in [0.1, 0.15) is 5.75 Å². The first kappa shape index (κ1) is 23.0. The zero-order valence-corrected chi connectivity index (χ0v) is 20.1. The fourth-order valence-electron chi connectivity index (χ4n) is 3.63. The lowest BCUT2D eigenvalue weighted by atomic mass is 10.2. The Morgan fingerprint density at radius 3 is 2.55 bits per heavy atom. The summed E-state index contributed by atoms with van der Waals surface area (Å²) in [5.74, 6) is 2.72. The van der Waals surface area contributed by atoms with Gasteiger partial charge >= 0.3 is 0 Å². The van der Waals surface area contributed by atoms with E-state index in [4.69, 9.17) is 10.00 Å².